The molecule has 0 aliphatic heterocycles. The highest BCUT2D eigenvalue weighted by Crippen LogP contribution is 2.21. The Hall–Kier alpha value is -2.84. The van der Waals surface area contributed by atoms with E-state index in [1.54, 1.807) is 42.5 Å². The minimum absolute atomic E-state index is 0.0433. The fourth-order valence-electron chi connectivity index (χ4n) is 2.40. The number of rotatable bonds is 8. The number of hydrogen-bond donors (Lipinski definition) is 3. The molecule has 7 nitrogen and oxygen atoms in total. The van der Waals surface area contributed by atoms with Crippen LogP contribution in [0.4, 0.5) is 0 Å². The van der Waals surface area contributed by atoms with E-state index in [0.717, 1.165) is 12.0 Å². The van der Waals surface area contributed by atoms with Crippen molar-refractivity contribution in [2.75, 3.05) is 13.2 Å². The summed E-state index contributed by atoms with van der Waals surface area (Å²) in [5.41, 5.74) is 6.06. The summed E-state index contributed by atoms with van der Waals surface area (Å²) >= 11 is 10.9. The molecule has 2 aromatic carbocycles. The Bertz CT molecular complexity index is 919. The fourth-order valence-corrected chi connectivity index (χ4v) is 2.77. The minimum Gasteiger partial charge on any atom is -0.494 e. The number of nitrogens with one attached hydrogen (secondary N) is 3. The van der Waals surface area contributed by atoms with Gasteiger partial charge in [-0.3, -0.25) is 25.8 Å². The van der Waals surface area contributed by atoms with Gasteiger partial charge in [0.2, 0.25) is 0 Å². The third kappa shape index (κ3) is 8.82. The Morgan fingerprint density at radius 3 is 2.42 bits per heavy atom. The standard InChI is InChI=1S/C22H26ClN3O4S/c1-14(2)10-11-29-18-7-4-16(5-8-18)21(28)24-22(31)26-25-20(27)13-30-19-9-6-17(23)12-15(19)3/h4-9,12,14H,10-11,13H2,1-3H3,(H,25,27)(H2,24,26,28,31). The highest BCUT2D eigenvalue weighted by atomic mass is 35.5. The van der Waals surface area contributed by atoms with E-state index in [4.69, 9.17) is 33.3 Å². The summed E-state index contributed by atoms with van der Waals surface area (Å²) in [6.07, 6.45) is 0.957. The van der Waals surface area contributed by atoms with Crippen LogP contribution in [0.25, 0.3) is 0 Å². The van der Waals surface area contributed by atoms with Crippen molar-refractivity contribution in [3.05, 3.63) is 58.6 Å². The van der Waals surface area contributed by atoms with Crippen LogP contribution in [0.5, 0.6) is 11.5 Å². The van der Waals surface area contributed by atoms with Crippen LogP contribution in [0, 0.1) is 12.8 Å². The minimum atomic E-state index is -0.464. The molecule has 166 valence electrons. The van der Waals surface area contributed by atoms with Gasteiger partial charge < -0.3 is 9.47 Å². The van der Waals surface area contributed by atoms with Gasteiger partial charge in [-0.2, -0.15) is 0 Å². The maximum Gasteiger partial charge on any atom is 0.276 e. The molecule has 0 aromatic heterocycles. The van der Waals surface area contributed by atoms with Gasteiger partial charge in [0.1, 0.15) is 11.5 Å². The molecule has 0 spiro atoms. The van der Waals surface area contributed by atoms with E-state index in [-0.39, 0.29) is 11.7 Å². The summed E-state index contributed by atoms with van der Waals surface area (Å²) in [7, 11) is 0. The summed E-state index contributed by atoms with van der Waals surface area (Å²) in [5, 5.41) is 3.03. The van der Waals surface area contributed by atoms with Crippen molar-refractivity contribution in [3.63, 3.8) is 0 Å². The highest BCUT2D eigenvalue weighted by Gasteiger charge is 2.10. The lowest BCUT2D eigenvalue weighted by atomic mass is 10.1. The second kappa shape index (κ2) is 12.1. The van der Waals surface area contributed by atoms with Crippen molar-refractivity contribution in [2.45, 2.75) is 27.2 Å². The molecule has 0 fully saturated rings. The molecule has 0 radical (unpaired) electrons. The van der Waals surface area contributed by atoms with Crippen LogP contribution in [0.3, 0.4) is 0 Å². The van der Waals surface area contributed by atoms with E-state index in [9.17, 15) is 9.59 Å². The number of hydrogen-bond acceptors (Lipinski definition) is 5. The van der Waals surface area contributed by atoms with Gasteiger partial charge in [-0.05, 0) is 79.5 Å². The molecule has 0 unspecified atom stereocenters. The molecular weight excluding hydrogens is 438 g/mol. The molecule has 9 heteroatoms. The van der Waals surface area contributed by atoms with Gasteiger partial charge >= 0.3 is 0 Å². The zero-order valence-corrected chi connectivity index (χ0v) is 19.2. The zero-order chi connectivity index (χ0) is 22.8. The quantitative estimate of drug-likeness (QED) is 0.408. The van der Waals surface area contributed by atoms with Crippen LogP contribution in [0.2, 0.25) is 5.02 Å². The Labute approximate surface area is 192 Å². The van der Waals surface area contributed by atoms with E-state index in [1.165, 1.54) is 0 Å². The first kappa shape index (κ1) is 24.4. The Kier molecular flexibility index (Phi) is 9.55. The van der Waals surface area contributed by atoms with E-state index in [2.05, 4.69) is 30.0 Å². The number of carbonyl (C=O) groups excluding carboxylic acids is 2. The molecule has 31 heavy (non-hydrogen) atoms. The molecule has 0 heterocycles. The first-order chi connectivity index (χ1) is 14.7. The average Bonchev–Trinajstić information content (AvgIpc) is 2.72. The maximum absolute atomic E-state index is 12.3. The number of thiocarbonyl (C=S) groups is 1. The van der Waals surface area contributed by atoms with Crippen LogP contribution >= 0.6 is 23.8 Å². The number of amides is 2. The van der Waals surface area contributed by atoms with Gasteiger partial charge in [-0.1, -0.05) is 25.4 Å². The first-order valence-electron chi connectivity index (χ1n) is 9.76. The molecule has 2 amide bonds. The molecule has 0 aliphatic carbocycles. The van der Waals surface area contributed by atoms with Gasteiger partial charge in [-0.15, -0.1) is 0 Å². The van der Waals surface area contributed by atoms with Gasteiger partial charge in [0.05, 0.1) is 6.61 Å². The maximum atomic E-state index is 12.3. The van der Waals surface area contributed by atoms with Gasteiger partial charge in [-0.25, -0.2) is 0 Å². The summed E-state index contributed by atoms with van der Waals surface area (Å²) in [6.45, 7) is 6.47. The molecule has 0 aliphatic rings. The SMILES string of the molecule is Cc1cc(Cl)ccc1OCC(=O)NNC(=S)NC(=O)c1ccc(OCCC(C)C)cc1. The Morgan fingerprint density at radius 1 is 1.06 bits per heavy atom. The number of halogens is 1. The van der Waals surface area contributed by atoms with Crippen molar-refractivity contribution in [2.24, 2.45) is 5.92 Å². The molecule has 0 bridgehead atoms. The Balaban J connectivity index is 1.72. The normalized spacial score (nSPS) is 10.4. The number of carbonyl (C=O) groups is 2. The fraction of sp³-hybridized carbons (Fsp3) is 0.318. The van der Waals surface area contributed by atoms with E-state index >= 15 is 0 Å². The van der Waals surface area contributed by atoms with Crippen molar-refractivity contribution in [1.82, 2.24) is 16.2 Å². The monoisotopic (exact) mass is 463 g/mol. The average molecular weight is 464 g/mol. The second-order valence-electron chi connectivity index (χ2n) is 7.21. The number of benzene rings is 2. The van der Waals surface area contributed by atoms with Gasteiger partial charge in [0.15, 0.2) is 11.7 Å². The second-order valence-corrected chi connectivity index (χ2v) is 8.05. The lowest BCUT2D eigenvalue weighted by molar-refractivity contribution is -0.123. The predicted octanol–water partition coefficient (Wildman–Crippen LogP) is 3.79. The molecule has 0 saturated carbocycles. The molecular formula is C22H26ClN3O4S. The van der Waals surface area contributed by atoms with Crippen molar-refractivity contribution >= 4 is 40.7 Å². The highest BCUT2D eigenvalue weighted by molar-refractivity contribution is 7.80. The molecule has 2 aromatic rings. The summed E-state index contributed by atoms with van der Waals surface area (Å²) in [6, 6.07) is 11.8. The van der Waals surface area contributed by atoms with Crippen LogP contribution in [-0.4, -0.2) is 30.1 Å². The summed E-state index contributed by atoms with van der Waals surface area (Å²) in [4.78, 5) is 24.2. The van der Waals surface area contributed by atoms with Crippen LogP contribution < -0.4 is 25.6 Å². The molecule has 0 saturated heterocycles. The first-order valence-corrected chi connectivity index (χ1v) is 10.5. The Morgan fingerprint density at radius 2 is 1.77 bits per heavy atom. The van der Waals surface area contributed by atoms with Crippen LogP contribution in [0.15, 0.2) is 42.5 Å². The van der Waals surface area contributed by atoms with Crippen LogP contribution in [-0.2, 0) is 4.79 Å². The number of hydrazine groups is 1. The summed E-state index contributed by atoms with van der Waals surface area (Å²) < 4.78 is 11.1. The lowest BCUT2D eigenvalue weighted by Gasteiger charge is -2.12. The molecule has 0 atom stereocenters. The van der Waals surface area contributed by atoms with E-state index < -0.39 is 11.8 Å². The zero-order valence-electron chi connectivity index (χ0n) is 17.7. The van der Waals surface area contributed by atoms with Gasteiger partial charge in [0.25, 0.3) is 11.8 Å². The van der Waals surface area contributed by atoms with E-state index in [1.807, 2.05) is 6.92 Å². The predicted molar refractivity (Wildman–Crippen MR) is 124 cm³/mol. The third-order valence-corrected chi connectivity index (χ3v) is 4.56. The number of aryl methyl sites for hydroxylation is 1. The molecule has 3 N–H and O–H groups in total. The van der Waals surface area contributed by atoms with E-state index in [0.29, 0.717) is 34.6 Å². The number of ether oxygens (including phenoxy) is 2. The molecule has 2 rings (SSSR count). The lowest BCUT2D eigenvalue weighted by Crippen LogP contribution is -2.49. The summed E-state index contributed by atoms with van der Waals surface area (Å²) in [5.74, 6) is 0.933. The third-order valence-electron chi connectivity index (χ3n) is 4.12. The van der Waals surface area contributed by atoms with Gasteiger partial charge in [0, 0.05) is 10.6 Å². The van der Waals surface area contributed by atoms with Crippen molar-refractivity contribution < 1.29 is 19.1 Å². The van der Waals surface area contributed by atoms with Crippen molar-refractivity contribution in [1.29, 1.82) is 0 Å². The smallest absolute Gasteiger partial charge is 0.276 e. The van der Waals surface area contributed by atoms with Crippen LogP contribution in [0.1, 0.15) is 36.2 Å². The topological polar surface area (TPSA) is 88.7 Å². The largest absolute Gasteiger partial charge is 0.494 e. The van der Waals surface area contributed by atoms with Crippen molar-refractivity contribution in [3.8, 4) is 11.5 Å².